The van der Waals surface area contributed by atoms with Crippen LogP contribution in [-0.2, 0) is 6.61 Å². The molecule has 0 fully saturated rings. The van der Waals surface area contributed by atoms with E-state index in [1.807, 2.05) is 0 Å². The van der Waals surface area contributed by atoms with Crippen molar-refractivity contribution in [2.75, 3.05) is 0 Å². The van der Waals surface area contributed by atoms with Gasteiger partial charge in [0.05, 0.1) is 11.2 Å². The molecular formula is C15H12Cl2N4O2S. The van der Waals surface area contributed by atoms with Gasteiger partial charge in [-0.3, -0.25) is 5.10 Å². The summed E-state index contributed by atoms with van der Waals surface area (Å²) < 4.78 is 13.2. The van der Waals surface area contributed by atoms with Gasteiger partial charge in [0.1, 0.15) is 29.7 Å². The molecule has 0 unspecified atom stereocenters. The molecule has 2 heterocycles. The SMILES string of the molecule is Cc1n[nH]c(=S)n1/N=C\c1ccc(COc2cc(Cl)ccc2Cl)o1. The van der Waals surface area contributed by atoms with E-state index in [-0.39, 0.29) is 6.61 Å². The molecule has 0 saturated carbocycles. The fourth-order valence-corrected chi connectivity index (χ4v) is 2.46. The zero-order chi connectivity index (χ0) is 17.1. The first kappa shape index (κ1) is 16.8. The number of furan rings is 1. The van der Waals surface area contributed by atoms with Gasteiger partial charge in [0, 0.05) is 11.1 Å². The highest BCUT2D eigenvalue weighted by Gasteiger charge is 2.06. The van der Waals surface area contributed by atoms with Crippen LogP contribution in [0.4, 0.5) is 0 Å². The average molecular weight is 383 g/mol. The molecule has 24 heavy (non-hydrogen) atoms. The lowest BCUT2D eigenvalue weighted by Crippen LogP contribution is -1.95. The highest BCUT2D eigenvalue weighted by atomic mass is 35.5. The molecule has 0 radical (unpaired) electrons. The predicted octanol–water partition coefficient (Wildman–Crippen LogP) is 4.61. The highest BCUT2D eigenvalue weighted by molar-refractivity contribution is 7.71. The molecular weight excluding hydrogens is 371 g/mol. The Kier molecular flexibility index (Phi) is 5.03. The van der Waals surface area contributed by atoms with Crippen LogP contribution in [0.1, 0.15) is 17.3 Å². The number of ether oxygens (including phenoxy) is 1. The summed E-state index contributed by atoms with van der Waals surface area (Å²) in [5.74, 6) is 2.34. The minimum Gasteiger partial charge on any atom is -0.484 e. The lowest BCUT2D eigenvalue weighted by Gasteiger charge is -2.06. The van der Waals surface area contributed by atoms with E-state index < -0.39 is 0 Å². The van der Waals surface area contributed by atoms with Crippen LogP contribution in [0.5, 0.6) is 5.75 Å². The molecule has 3 rings (SSSR count). The van der Waals surface area contributed by atoms with Crippen molar-refractivity contribution in [1.29, 1.82) is 0 Å². The zero-order valence-corrected chi connectivity index (χ0v) is 14.8. The van der Waals surface area contributed by atoms with Gasteiger partial charge in [0.2, 0.25) is 4.77 Å². The van der Waals surface area contributed by atoms with Gasteiger partial charge in [-0.25, -0.2) is 0 Å². The normalized spacial score (nSPS) is 11.3. The molecule has 1 N–H and O–H groups in total. The number of aromatic nitrogens is 3. The summed E-state index contributed by atoms with van der Waals surface area (Å²) in [7, 11) is 0. The molecule has 1 aromatic carbocycles. The molecule has 9 heteroatoms. The monoisotopic (exact) mass is 382 g/mol. The van der Waals surface area contributed by atoms with Gasteiger partial charge in [-0.2, -0.15) is 14.9 Å². The standard InChI is InChI=1S/C15H12Cl2N4O2S/c1-9-19-20-15(24)21(9)18-7-11-3-4-12(23-11)8-22-14-6-10(16)2-5-13(14)17/h2-7H,8H2,1H3,(H,20,24)/b18-7-. The molecule has 0 amide bonds. The Morgan fingerprint density at radius 1 is 1.38 bits per heavy atom. The Morgan fingerprint density at radius 3 is 2.96 bits per heavy atom. The first-order chi connectivity index (χ1) is 11.5. The summed E-state index contributed by atoms with van der Waals surface area (Å²) in [6.07, 6.45) is 1.55. The van der Waals surface area contributed by atoms with Crippen molar-refractivity contribution in [3.63, 3.8) is 0 Å². The molecule has 0 saturated heterocycles. The molecule has 0 bridgehead atoms. The summed E-state index contributed by atoms with van der Waals surface area (Å²) in [5, 5.41) is 11.9. The van der Waals surface area contributed by atoms with Gasteiger partial charge in [-0.1, -0.05) is 23.2 Å². The van der Waals surface area contributed by atoms with E-state index in [1.54, 1.807) is 43.5 Å². The second-order valence-electron chi connectivity index (χ2n) is 4.80. The van der Waals surface area contributed by atoms with Gasteiger partial charge in [0.15, 0.2) is 0 Å². The zero-order valence-electron chi connectivity index (χ0n) is 12.5. The molecule has 2 aromatic heterocycles. The van der Waals surface area contributed by atoms with Crippen molar-refractivity contribution >= 4 is 41.6 Å². The molecule has 0 aliphatic carbocycles. The lowest BCUT2D eigenvalue weighted by molar-refractivity contribution is 0.270. The minimum atomic E-state index is 0.220. The van der Waals surface area contributed by atoms with Crippen molar-refractivity contribution in [3.8, 4) is 5.75 Å². The van der Waals surface area contributed by atoms with Gasteiger partial charge in [-0.05, 0) is 43.4 Å². The van der Waals surface area contributed by atoms with E-state index >= 15 is 0 Å². The second kappa shape index (κ2) is 7.21. The molecule has 0 aliphatic heterocycles. The van der Waals surface area contributed by atoms with Crippen LogP contribution in [0.2, 0.25) is 10.0 Å². The smallest absolute Gasteiger partial charge is 0.216 e. The van der Waals surface area contributed by atoms with Crippen molar-refractivity contribution in [3.05, 3.63) is 62.5 Å². The quantitative estimate of drug-likeness (QED) is 0.516. The van der Waals surface area contributed by atoms with E-state index in [4.69, 9.17) is 44.6 Å². The Hall–Kier alpha value is -2.09. The Balaban J connectivity index is 1.68. The van der Waals surface area contributed by atoms with Crippen LogP contribution < -0.4 is 4.74 Å². The maximum absolute atomic E-state index is 6.05. The van der Waals surface area contributed by atoms with Crippen LogP contribution in [0.25, 0.3) is 0 Å². The van der Waals surface area contributed by atoms with Crippen molar-refractivity contribution in [2.45, 2.75) is 13.5 Å². The molecule has 6 nitrogen and oxygen atoms in total. The van der Waals surface area contributed by atoms with Crippen LogP contribution in [0, 0.1) is 11.7 Å². The summed E-state index contributed by atoms with van der Waals surface area (Å²) in [4.78, 5) is 0. The molecule has 3 aromatic rings. The van der Waals surface area contributed by atoms with Crippen LogP contribution in [0.15, 0.2) is 39.9 Å². The Bertz CT molecular complexity index is 945. The van der Waals surface area contributed by atoms with E-state index in [0.717, 1.165) is 0 Å². The first-order valence-electron chi connectivity index (χ1n) is 6.88. The number of H-pyrrole nitrogens is 1. The summed E-state index contributed by atoms with van der Waals surface area (Å²) in [6, 6.07) is 8.60. The van der Waals surface area contributed by atoms with Crippen LogP contribution in [-0.4, -0.2) is 21.1 Å². The molecule has 0 aliphatic rings. The maximum Gasteiger partial charge on any atom is 0.216 e. The number of hydrogen-bond acceptors (Lipinski definition) is 5. The highest BCUT2D eigenvalue weighted by Crippen LogP contribution is 2.28. The largest absolute Gasteiger partial charge is 0.484 e. The van der Waals surface area contributed by atoms with Gasteiger partial charge in [-0.15, -0.1) is 0 Å². The number of nitrogens with one attached hydrogen (secondary N) is 1. The van der Waals surface area contributed by atoms with E-state index in [2.05, 4.69) is 15.3 Å². The Labute approximate surface area is 152 Å². The summed E-state index contributed by atoms with van der Waals surface area (Å²) >= 11 is 17.0. The Morgan fingerprint density at radius 2 is 2.21 bits per heavy atom. The molecule has 124 valence electrons. The fourth-order valence-electron chi connectivity index (χ4n) is 1.90. The number of halogens is 2. The maximum atomic E-state index is 6.05. The summed E-state index contributed by atoms with van der Waals surface area (Å²) in [5.41, 5.74) is 0. The van der Waals surface area contributed by atoms with Crippen molar-refractivity contribution in [1.82, 2.24) is 14.9 Å². The van der Waals surface area contributed by atoms with Crippen molar-refractivity contribution < 1.29 is 9.15 Å². The molecule has 0 spiro atoms. The van der Waals surface area contributed by atoms with Crippen LogP contribution >= 0.6 is 35.4 Å². The van der Waals surface area contributed by atoms with Gasteiger partial charge in [0.25, 0.3) is 0 Å². The summed E-state index contributed by atoms with van der Waals surface area (Å²) in [6.45, 7) is 2.01. The minimum absolute atomic E-state index is 0.220. The first-order valence-corrected chi connectivity index (χ1v) is 8.04. The average Bonchev–Trinajstić information content (AvgIpc) is 3.13. The topological polar surface area (TPSA) is 68.3 Å². The third-order valence-electron chi connectivity index (χ3n) is 3.06. The van der Waals surface area contributed by atoms with Gasteiger partial charge >= 0.3 is 0 Å². The lowest BCUT2D eigenvalue weighted by atomic mass is 10.3. The third-order valence-corrected chi connectivity index (χ3v) is 3.87. The van der Waals surface area contributed by atoms with Crippen LogP contribution in [0.3, 0.4) is 0 Å². The number of nitrogens with zero attached hydrogens (tertiary/aromatic N) is 3. The van der Waals surface area contributed by atoms with Gasteiger partial charge < -0.3 is 9.15 Å². The van der Waals surface area contributed by atoms with E-state index in [0.29, 0.717) is 37.9 Å². The van der Waals surface area contributed by atoms with E-state index in [1.165, 1.54) is 4.68 Å². The van der Waals surface area contributed by atoms with E-state index in [9.17, 15) is 0 Å². The number of benzene rings is 1. The molecule has 0 atom stereocenters. The number of aromatic amines is 1. The predicted molar refractivity (Wildman–Crippen MR) is 94.6 cm³/mol. The number of aryl methyl sites for hydroxylation is 1. The third kappa shape index (κ3) is 3.87. The second-order valence-corrected chi connectivity index (χ2v) is 6.03. The number of rotatable bonds is 5. The number of hydrogen-bond donors (Lipinski definition) is 1. The fraction of sp³-hybridized carbons (Fsp3) is 0.133. The van der Waals surface area contributed by atoms with Crippen molar-refractivity contribution in [2.24, 2.45) is 5.10 Å².